The number of nitrogens with one attached hydrogen (secondary N) is 2. The third-order valence-electron chi connectivity index (χ3n) is 3.47. The molecule has 0 unspecified atom stereocenters. The molecule has 0 aliphatic carbocycles. The molecule has 4 N–H and O–H groups in total. The molecule has 2 rings (SSSR count). The van der Waals surface area contributed by atoms with Gasteiger partial charge in [-0.1, -0.05) is 45.2 Å². The topological polar surface area (TPSA) is 80.0 Å². The number of benzene rings is 1. The Morgan fingerprint density at radius 2 is 1.96 bits per heavy atom. The van der Waals surface area contributed by atoms with Crippen molar-refractivity contribution >= 4 is 29.0 Å². The number of carbonyl (C=O) groups excluding carboxylic acids is 1. The fourth-order valence-electron chi connectivity index (χ4n) is 2.33. The third kappa shape index (κ3) is 5.52. The van der Waals surface area contributed by atoms with E-state index in [0.717, 1.165) is 23.2 Å². The van der Waals surface area contributed by atoms with Crippen LogP contribution in [-0.2, 0) is 0 Å². The first-order valence-electron chi connectivity index (χ1n) is 8.59. The van der Waals surface area contributed by atoms with E-state index in [0.29, 0.717) is 30.7 Å². The van der Waals surface area contributed by atoms with E-state index in [4.69, 9.17) is 5.73 Å². The zero-order valence-corrected chi connectivity index (χ0v) is 15.1. The molecular formula is C20H28N4O. The molecule has 0 fully saturated rings. The number of fused-ring (bicyclic) bond motifs is 1. The molecule has 2 aromatic rings. The van der Waals surface area contributed by atoms with Gasteiger partial charge in [-0.15, -0.1) is 0 Å². The van der Waals surface area contributed by atoms with Gasteiger partial charge in [0.25, 0.3) is 5.91 Å². The van der Waals surface area contributed by atoms with Gasteiger partial charge >= 0.3 is 0 Å². The monoisotopic (exact) mass is 340 g/mol. The summed E-state index contributed by atoms with van der Waals surface area (Å²) in [7, 11) is 0. The predicted octanol–water partition coefficient (Wildman–Crippen LogP) is 2.83. The van der Waals surface area contributed by atoms with Crippen molar-refractivity contribution in [2.24, 2.45) is 5.73 Å². The Kier molecular flexibility index (Phi) is 9.14. The van der Waals surface area contributed by atoms with Crippen LogP contribution >= 0.6 is 0 Å². The lowest BCUT2D eigenvalue weighted by molar-refractivity contribution is 0.0955. The second-order valence-corrected chi connectivity index (χ2v) is 5.04. The van der Waals surface area contributed by atoms with Crippen molar-refractivity contribution in [3.05, 3.63) is 54.2 Å². The first kappa shape index (κ1) is 20.5. The third-order valence-corrected chi connectivity index (χ3v) is 3.47. The fraction of sp³-hybridized carbons (Fsp3) is 0.300. The Labute approximate surface area is 150 Å². The number of rotatable bonds is 8. The molecule has 0 aliphatic rings. The summed E-state index contributed by atoms with van der Waals surface area (Å²) < 4.78 is 0. The van der Waals surface area contributed by atoms with Crippen molar-refractivity contribution in [3.8, 4) is 0 Å². The quantitative estimate of drug-likeness (QED) is 0.646. The minimum Gasteiger partial charge on any atom is -0.351 e. The molecule has 0 spiro atoms. The molecule has 5 nitrogen and oxygen atoms in total. The van der Waals surface area contributed by atoms with Gasteiger partial charge < -0.3 is 16.4 Å². The average molecular weight is 340 g/mol. The molecule has 0 atom stereocenters. The van der Waals surface area contributed by atoms with Gasteiger partial charge in [0, 0.05) is 37.1 Å². The van der Waals surface area contributed by atoms with E-state index in [1.165, 1.54) is 0 Å². The van der Waals surface area contributed by atoms with Crippen LogP contribution in [0.3, 0.4) is 0 Å². The summed E-state index contributed by atoms with van der Waals surface area (Å²) in [5.74, 6) is -0.140. The minimum absolute atomic E-state index is 0.140. The van der Waals surface area contributed by atoms with Gasteiger partial charge in [-0.05, 0) is 18.2 Å². The molecular weight excluding hydrogens is 312 g/mol. The number of amides is 1. The summed E-state index contributed by atoms with van der Waals surface area (Å²) in [4.78, 5) is 17.0. The largest absolute Gasteiger partial charge is 0.351 e. The van der Waals surface area contributed by atoms with Crippen LogP contribution in [0.5, 0.6) is 0 Å². The molecule has 25 heavy (non-hydrogen) atoms. The molecule has 0 bridgehead atoms. The lowest BCUT2D eigenvalue weighted by Crippen LogP contribution is -2.33. The van der Waals surface area contributed by atoms with Crippen LogP contribution in [0.25, 0.3) is 23.1 Å². The van der Waals surface area contributed by atoms with E-state index >= 15 is 0 Å². The van der Waals surface area contributed by atoms with E-state index in [2.05, 4.69) is 28.8 Å². The molecule has 0 aliphatic heterocycles. The number of nitrogens with two attached hydrogens (primary N) is 1. The molecule has 0 saturated heterocycles. The standard InChI is InChI=1S/C18H22N4O.C2H6/c1-3-13-12-14-6-5-7-15(17(14)22-16(13)4-2)18(23)21-11-10-20-9-8-19;1-2/h3-7,12,20H,1-2,8-11,19H2,(H,21,23);1-2H3. The van der Waals surface area contributed by atoms with Crippen molar-refractivity contribution < 1.29 is 4.79 Å². The molecule has 134 valence electrons. The molecule has 0 radical (unpaired) electrons. The summed E-state index contributed by atoms with van der Waals surface area (Å²) >= 11 is 0. The summed E-state index contributed by atoms with van der Waals surface area (Å²) in [5, 5.41) is 6.92. The summed E-state index contributed by atoms with van der Waals surface area (Å²) in [6, 6.07) is 7.53. The molecule has 1 amide bonds. The Balaban J connectivity index is 0.00000151. The highest BCUT2D eigenvalue weighted by molar-refractivity contribution is 6.06. The number of hydrogen-bond donors (Lipinski definition) is 3. The van der Waals surface area contributed by atoms with Crippen LogP contribution in [-0.4, -0.2) is 37.1 Å². The Morgan fingerprint density at radius 3 is 2.60 bits per heavy atom. The van der Waals surface area contributed by atoms with Crippen LogP contribution in [0, 0.1) is 0 Å². The molecule has 1 heterocycles. The lowest BCUT2D eigenvalue weighted by Gasteiger charge is -2.10. The Hall–Kier alpha value is -2.50. The highest BCUT2D eigenvalue weighted by Gasteiger charge is 2.12. The lowest BCUT2D eigenvalue weighted by atomic mass is 10.0. The van der Waals surface area contributed by atoms with Crippen molar-refractivity contribution in [1.82, 2.24) is 15.6 Å². The van der Waals surface area contributed by atoms with Crippen molar-refractivity contribution in [2.75, 3.05) is 26.2 Å². The van der Waals surface area contributed by atoms with Crippen molar-refractivity contribution in [2.45, 2.75) is 13.8 Å². The second kappa shape index (κ2) is 11.1. The van der Waals surface area contributed by atoms with Gasteiger partial charge in [-0.25, -0.2) is 4.98 Å². The van der Waals surface area contributed by atoms with E-state index < -0.39 is 0 Å². The second-order valence-electron chi connectivity index (χ2n) is 5.04. The van der Waals surface area contributed by atoms with Gasteiger partial charge in [-0.3, -0.25) is 4.79 Å². The smallest absolute Gasteiger partial charge is 0.253 e. The Bertz CT molecular complexity index is 725. The normalized spacial score (nSPS) is 9.88. The van der Waals surface area contributed by atoms with Gasteiger partial charge in [0.05, 0.1) is 16.8 Å². The SMILES string of the molecule is C=Cc1cc2cccc(C(=O)NCCNCCN)c2nc1C=C.CC. The molecule has 1 aromatic heterocycles. The van der Waals surface area contributed by atoms with E-state index in [9.17, 15) is 4.79 Å². The maximum absolute atomic E-state index is 12.4. The zero-order valence-electron chi connectivity index (χ0n) is 15.1. The van der Waals surface area contributed by atoms with E-state index in [-0.39, 0.29) is 5.91 Å². The van der Waals surface area contributed by atoms with Crippen molar-refractivity contribution in [3.63, 3.8) is 0 Å². The number of aromatic nitrogens is 1. The molecule has 5 heteroatoms. The van der Waals surface area contributed by atoms with Gasteiger partial charge in [0.1, 0.15) is 0 Å². The summed E-state index contributed by atoms with van der Waals surface area (Å²) in [6.07, 6.45) is 3.40. The average Bonchev–Trinajstić information content (AvgIpc) is 2.67. The van der Waals surface area contributed by atoms with Gasteiger partial charge in [0.15, 0.2) is 0 Å². The van der Waals surface area contributed by atoms with Crippen LogP contribution in [0.1, 0.15) is 35.5 Å². The number of pyridine rings is 1. The first-order chi connectivity index (χ1) is 12.2. The van der Waals surface area contributed by atoms with E-state index in [1.54, 1.807) is 18.2 Å². The highest BCUT2D eigenvalue weighted by Crippen LogP contribution is 2.21. The van der Waals surface area contributed by atoms with Crippen LogP contribution in [0.2, 0.25) is 0 Å². The Morgan fingerprint density at radius 1 is 1.20 bits per heavy atom. The highest BCUT2D eigenvalue weighted by atomic mass is 16.1. The maximum atomic E-state index is 12.4. The molecule has 0 saturated carbocycles. The van der Waals surface area contributed by atoms with Gasteiger partial charge in [0.2, 0.25) is 0 Å². The molecule has 1 aromatic carbocycles. The first-order valence-corrected chi connectivity index (χ1v) is 8.59. The maximum Gasteiger partial charge on any atom is 0.253 e. The number of para-hydroxylation sites is 1. The van der Waals surface area contributed by atoms with E-state index in [1.807, 2.05) is 32.0 Å². The van der Waals surface area contributed by atoms with Crippen LogP contribution < -0.4 is 16.4 Å². The fourth-order valence-corrected chi connectivity index (χ4v) is 2.33. The minimum atomic E-state index is -0.140. The number of carbonyl (C=O) groups is 1. The summed E-state index contributed by atoms with van der Waals surface area (Å²) in [6.45, 7) is 14.1. The number of hydrogen-bond acceptors (Lipinski definition) is 4. The van der Waals surface area contributed by atoms with Gasteiger partial charge in [-0.2, -0.15) is 0 Å². The van der Waals surface area contributed by atoms with Crippen molar-refractivity contribution in [1.29, 1.82) is 0 Å². The zero-order chi connectivity index (χ0) is 18.7. The predicted molar refractivity (Wildman–Crippen MR) is 108 cm³/mol. The van der Waals surface area contributed by atoms with Crippen LogP contribution in [0.15, 0.2) is 37.4 Å². The number of nitrogens with zero attached hydrogens (tertiary/aromatic N) is 1. The van der Waals surface area contributed by atoms with Crippen LogP contribution in [0.4, 0.5) is 0 Å². The summed E-state index contributed by atoms with van der Waals surface area (Å²) in [5.41, 5.74) is 8.24.